The van der Waals surface area contributed by atoms with Gasteiger partial charge < -0.3 is 15.0 Å². The SMILES string of the molecule is CCOc1ccccc1N(CC(=O)N(Cc1ccc(C)cc1)[C@@H](C)C(=O)NC(C)C)S(=O)(=O)c1ccc(C)cc1. The van der Waals surface area contributed by atoms with Crippen molar-refractivity contribution >= 4 is 27.5 Å². The summed E-state index contributed by atoms with van der Waals surface area (Å²) in [7, 11) is -4.18. The van der Waals surface area contributed by atoms with E-state index < -0.39 is 28.5 Å². The number of rotatable bonds is 12. The second-order valence-electron chi connectivity index (χ2n) is 10.1. The molecule has 0 radical (unpaired) electrons. The van der Waals surface area contributed by atoms with Crippen molar-refractivity contribution in [1.82, 2.24) is 10.2 Å². The van der Waals surface area contributed by atoms with Gasteiger partial charge in [-0.3, -0.25) is 13.9 Å². The summed E-state index contributed by atoms with van der Waals surface area (Å²) in [4.78, 5) is 28.5. The van der Waals surface area contributed by atoms with Gasteiger partial charge in [-0.15, -0.1) is 0 Å². The first-order chi connectivity index (χ1) is 18.9. The first-order valence-electron chi connectivity index (χ1n) is 13.4. The van der Waals surface area contributed by atoms with E-state index in [1.54, 1.807) is 50.2 Å². The monoisotopic (exact) mass is 565 g/mol. The zero-order valence-corrected chi connectivity index (χ0v) is 24.9. The van der Waals surface area contributed by atoms with Crippen LogP contribution in [0.5, 0.6) is 5.75 Å². The first kappa shape index (κ1) is 30.7. The highest BCUT2D eigenvalue weighted by molar-refractivity contribution is 7.92. The molecule has 40 heavy (non-hydrogen) atoms. The van der Waals surface area contributed by atoms with E-state index in [9.17, 15) is 18.0 Å². The quantitative estimate of drug-likeness (QED) is 0.339. The van der Waals surface area contributed by atoms with Gasteiger partial charge in [-0.05, 0) is 71.4 Å². The third kappa shape index (κ3) is 7.63. The van der Waals surface area contributed by atoms with E-state index in [1.165, 1.54) is 17.0 Å². The van der Waals surface area contributed by atoms with E-state index in [2.05, 4.69) is 5.32 Å². The number of anilines is 1. The van der Waals surface area contributed by atoms with Crippen LogP contribution in [-0.4, -0.2) is 50.4 Å². The number of aryl methyl sites for hydroxylation is 2. The van der Waals surface area contributed by atoms with E-state index in [0.29, 0.717) is 12.4 Å². The maximum atomic E-state index is 14.0. The van der Waals surface area contributed by atoms with Crippen LogP contribution in [0.1, 0.15) is 44.4 Å². The van der Waals surface area contributed by atoms with E-state index in [4.69, 9.17) is 4.74 Å². The Morgan fingerprint density at radius 3 is 2.02 bits per heavy atom. The molecule has 0 unspecified atom stereocenters. The van der Waals surface area contributed by atoms with Crippen LogP contribution < -0.4 is 14.4 Å². The normalized spacial score (nSPS) is 12.1. The second-order valence-corrected chi connectivity index (χ2v) is 11.9. The number of carbonyl (C=O) groups excluding carboxylic acids is 2. The van der Waals surface area contributed by atoms with Gasteiger partial charge in [-0.1, -0.05) is 59.7 Å². The van der Waals surface area contributed by atoms with Crippen molar-refractivity contribution in [2.75, 3.05) is 17.5 Å². The molecular weight excluding hydrogens is 526 g/mol. The Kier molecular flexibility index (Phi) is 10.3. The van der Waals surface area contributed by atoms with Crippen molar-refractivity contribution in [2.24, 2.45) is 0 Å². The summed E-state index contributed by atoms with van der Waals surface area (Å²) < 4.78 is 34.9. The van der Waals surface area contributed by atoms with Crippen molar-refractivity contribution in [1.29, 1.82) is 0 Å². The summed E-state index contributed by atoms with van der Waals surface area (Å²) >= 11 is 0. The average molecular weight is 566 g/mol. The molecule has 0 aliphatic rings. The molecule has 3 rings (SSSR count). The number of para-hydroxylation sites is 2. The molecule has 3 aromatic rings. The third-order valence-corrected chi connectivity index (χ3v) is 8.17. The number of nitrogens with one attached hydrogen (secondary N) is 1. The molecule has 0 aliphatic heterocycles. The van der Waals surface area contributed by atoms with Gasteiger partial charge in [0.15, 0.2) is 0 Å². The van der Waals surface area contributed by atoms with E-state index in [1.807, 2.05) is 52.0 Å². The minimum atomic E-state index is -4.18. The Balaban J connectivity index is 2.08. The Morgan fingerprint density at radius 1 is 0.875 bits per heavy atom. The zero-order chi connectivity index (χ0) is 29.4. The molecule has 0 heterocycles. The van der Waals surface area contributed by atoms with Gasteiger partial charge in [0.1, 0.15) is 18.3 Å². The molecule has 0 fully saturated rings. The van der Waals surface area contributed by atoms with Crippen LogP contribution in [0.2, 0.25) is 0 Å². The number of benzene rings is 3. The molecular formula is C31H39N3O5S. The number of hydrogen-bond acceptors (Lipinski definition) is 5. The Hall–Kier alpha value is -3.85. The average Bonchev–Trinajstić information content (AvgIpc) is 2.91. The molecule has 8 nitrogen and oxygen atoms in total. The fourth-order valence-corrected chi connectivity index (χ4v) is 5.59. The van der Waals surface area contributed by atoms with Gasteiger partial charge in [0.25, 0.3) is 10.0 Å². The lowest BCUT2D eigenvalue weighted by molar-refractivity contribution is -0.139. The Morgan fingerprint density at radius 2 is 1.45 bits per heavy atom. The highest BCUT2D eigenvalue weighted by atomic mass is 32.2. The van der Waals surface area contributed by atoms with Crippen molar-refractivity contribution in [2.45, 2.75) is 65.1 Å². The summed E-state index contributed by atoms with van der Waals surface area (Å²) in [6.07, 6.45) is 0. The number of hydrogen-bond donors (Lipinski definition) is 1. The molecule has 0 bridgehead atoms. The van der Waals surface area contributed by atoms with Gasteiger partial charge in [-0.2, -0.15) is 0 Å². The molecule has 1 N–H and O–H groups in total. The van der Waals surface area contributed by atoms with E-state index >= 15 is 0 Å². The number of carbonyl (C=O) groups is 2. The van der Waals surface area contributed by atoms with Crippen LogP contribution in [0.15, 0.2) is 77.7 Å². The molecule has 0 saturated heterocycles. The lowest BCUT2D eigenvalue weighted by Gasteiger charge is -2.32. The molecule has 9 heteroatoms. The van der Waals surface area contributed by atoms with Crippen LogP contribution in [0.25, 0.3) is 0 Å². The van der Waals surface area contributed by atoms with Crippen LogP contribution in [0, 0.1) is 13.8 Å². The highest BCUT2D eigenvalue weighted by Crippen LogP contribution is 2.33. The van der Waals surface area contributed by atoms with Crippen molar-refractivity contribution < 1.29 is 22.7 Å². The maximum Gasteiger partial charge on any atom is 0.264 e. The van der Waals surface area contributed by atoms with Crippen LogP contribution in [-0.2, 0) is 26.2 Å². The fraction of sp³-hybridized carbons (Fsp3) is 0.355. The van der Waals surface area contributed by atoms with Crippen LogP contribution in [0.4, 0.5) is 5.69 Å². The second kappa shape index (κ2) is 13.5. The Labute approximate surface area is 238 Å². The first-order valence-corrected chi connectivity index (χ1v) is 14.8. The molecule has 0 aromatic heterocycles. The summed E-state index contributed by atoms with van der Waals surface area (Å²) in [6, 6.07) is 19.9. The molecule has 2 amide bonds. The summed E-state index contributed by atoms with van der Waals surface area (Å²) in [6.45, 7) is 10.9. The summed E-state index contributed by atoms with van der Waals surface area (Å²) in [5, 5.41) is 2.86. The minimum Gasteiger partial charge on any atom is -0.492 e. The van der Waals surface area contributed by atoms with Crippen LogP contribution >= 0.6 is 0 Å². The minimum absolute atomic E-state index is 0.0490. The van der Waals surface area contributed by atoms with Gasteiger partial charge in [-0.25, -0.2) is 8.42 Å². The smallest absolute Gasteiger partial charge is 0.264 e. The van der Waals surface area contributed by atoms with Crippen LogP contribution in [0.3, 0.4) is 0 Å². The standard InChI is InChI=1S/C31H39N3O5S/c1-7-39-29-11-9-8-10-28(29)34(40(37,38)27-18-14-24(5)15-19-27)21-30(35)33(25(6)31(36)32-22(2)3)20-26-16-12-23(4)13-17-26/h8-19,22,25H,7,20-21H2,1-6H3,(H,32,36)/t25-/m0/s1. The van der Waals surface area contributed by atoms with Crippen molar-refractivity contribution in [3.05, 3.63) is 89.5 Å². The van der Waals surface area contributed by atoms with Crippen molar-refractivity contribution in [3.63, 3.8) is 0 Å². The maximum absolute atomic E-state index is 14.0. The topological polar surface area (TPSA) is 96.0 Å². The molecule has 0 saturated carbocycles. The van der Waals surface area contributed by atoms with Gasteiger partial charge >= 0.3 is 0 Å². The Bertz CT molecular complexity index is 1400. The summed E-state index contributed by atoms with van der Waals surface area (Å²) in [5.74, 6) is -0.503. The fourth-order valence-electron chi connectivity index (χ4n) is 4.17. The van der Waals surface area contributed by atoms with Crippen molar-refractivity contribution in [3.8, 4) is 5.75 Å². The molecule has 1 atom stereocenters. The number of sulfonamides is 1. The number of nitrogens with zero attached hydrogens (tertiary/aromatic N) is 2. The van der Waals surface area contributed by atoms with E-state index in [0.717, 1.165) is 21.0 Å². The molecule has 214 valence electrons. The largest absolute Gasteiger partial charge is 0.492 e. The van der Waals surface area contributed by atoms with Gasteiger partial charge in [0, 0.05) is 12.6 Å². The highest BCUT2D eigenvalue weighted by Gasteiger charge is 2.33. The number of ether oxygens (including phenoxy) is 1. The molecule has 0 aliphatic carbocycles. The predicted molar refractivity (Wildman–Crippen MR) is 158 cm³/mol. The zero-order valence-electron chi connectivity index (χ0n) is 24.0. The third-order valence-electron chi connectivity index (χ3n) is 6.39. The number of amides is 2. The van der Waals surface area contributed by atoms with Gasteiger partial charge in [0.2, 0.25) is 11.8 Å². The van der Waals surface area contributed by atoms with Gasteiger partial charge in [0.05, 0.1) is 17.2 Å². The molecule has 3 aromatic carbocycles. The lowest BCUT2D eigenvalue weighted by Crippen LogP contribution is -2.52. The molecule has 0 spiro atoms. The van der Waals surface area contributed by atoms with E-state index in [-0.39, 0.29) is 29.1 Å². The lowest BCUT2D eigenvalue weighted by atomic mass is 10.1. The summed E-state index contributed by atoms with van der Waals surface area (Å²) in [5.41, 5.74) is 3.04. The predicted octanol–water partition coefficient (Wildman–Crippen LogP) is 4.84.